The third kappa shape index (κ3) is 7.15. The summed E-state index contributed by atoms with van der Waals surface area (Å²) < 4.78 is 77.4. The van der Waals surface area contributed by atoms with Crippen LogP contribution in [-0.4, -0.2) is 64.4 Å². The van der Waals surface area contributed by atoms with Crippen molar-refractivity contribution in [3.8, 4) is 0 Å². The third-order valence-corrected chi connectivity index (χ3v) is 6.96. The summed E-state index contributed by atoms with van der Waals surface area (Å²) in [6.45, 7) is 4.70. The monoisotopic (exact) mass is 581 g/mol. The predicted octanol–water partition coefficient (Wildman–Crippen LogP) is 5.92. The Morgan fingerprint density at radius 2 is 1.72 bits per heavy atom. The zero-order valence-corrected chi connectivity index (χ0v) is 22.2. The molecule has 1 N–H and O–H groups in total. The topological polar surface area (TPSA) is 109 Å². The fourth-order valence-electron chi connectivity index (χ4n) is 4.09. The SMILES string of the molecule is CO[C@@H]1C[C@H](C(=O)N(c2ccc(S(F)(F)(F)(F)F)cc2)C(C(=O)O)c2cccnc2)N(C(=O)OC(C)(C)C)C1. The van der Waals surface area contributed by atoms with Gasteiger partial charge in [0.1, 0.15) is 16.5 Å². The number of carbonyl (C=O) groups is 3. The maximum Gasteiger partial charge on any atom is 0.411 e. The first-order chi connectivity index (χ1) is 17.7. The molecule has 1 saturated heterocycles. The quantitative estimate of drug-likeness (QED) is 0.404. The Bertz CT molecular complexity index is 1240. The molecule has 15 heteroatoms. The number of methoxy groups -OCH3 is 1. The van der Waals surface area contributed by atoms with Gasteiger partial charge in [0.2, 0.25) is 0 Å². The van der Waals surface area contributed by atoms with Crippen LogP contribution in [0.1, 0.15) is 38.8 Å². The zero-order valence-electron chi connectivity index (χ0n) is 21.4. The summed E-state index contributed by atoms with van der Waals surface area (Å²) >= 11 is 0. The lowest BCUT2D eigenvalue weighted by atomic mass is 10.0. The van der Waals surface area contributed by atoms with Gasteiger partial charge in [0.25, 0.3) is 5.91 Å². The molecule has 1 aliphatic heterocycles. The minimum absolute atomic E-state index is 0.0275. The summed E-state index contributed by atoms with van der Waals surface area (Å²) in [5, 5.41) is 10.1. The van der Waals surface area contributed by atoms with Crippen molar-refractivity contribution in [1.29, 1.82) is 0 Å². The van der Waals surface area contributed by atoms with E-state index in [0.717, 1.165) is 11.1 Å². The third-order valence-electron chi connectivity index (χ3n) is 5.80. The van der Waals surface area contributed by atoms with Gasteiger partial charge in [-0.15, -0.1) is 0 Å². The molecule has 0 spiro atoms. The molecule has 2 heterocycles. The highest BCUT2D eigenvalue weighted by molar-refractivity contribution is 8.45. The molecule has 1 aliphatic rings. The molecule has 9 nitrogen and oxygen atoms in total. The summed E-state index contributed by atoms with van der Waals surface area (Å²) in [7, 11) is -8.71. The van der Waals surface area contributed by atoms with E-state index in [2.05, 4.69) is 4.98 Å². The summed E-state index contributed by atoms with van der Waals surface area (Å²) in [6.07, 6.45) is 0.840. The molecule has 3 atom stereocenters. The van der Waals surface area contributed by atoms with Gasteiger partial charge in [0.15, 0.2) is 6.04 Å². The molecule has 216 valence electrons. The number of aliphatic carboxylic acids is 1. The minimum atomic E-state index is -10.1. The number of anilines is 1. The molecule has 0 saturated carbocycles. The second-order valence-electron chi connectivity index (χ2n) is 9.94. The average molecular weight is 582 g/mol. The number of pyridine rings is 1. The van der Waals surface area contributed by atoms with Gasteiger partial charge in [0.05, 0.1) is 12.6 Å². The number of hydrogen-bond acceptors (Lipinski definition) is 6. The Morgan fingerprint density at radius 3 is 2.18 bits per heavy atom. The van der Waals surface area contributed by atoms with E-state index in [9.17, 15) is 38.9 Å². The lowest BCUT2D eigenvalue weighted by Crippen LogP contribution is -2.51. The molecule has 1 fully saturated rings. The lowest BCUT2D eigenvalue weighted by Gasteiger charge is -2.41. The predicted molar refractivity (Wildman–Crippen MR) is 132 cm³/mol. The van der Waals surface area contributed by atoms with Crippen molar-refractivity contribution in [2.45, 2.75) is 55.9 Å². The number of benzene rings is 1. The van der Waals surface area contributed by atoms with Crippen LogP contribution in [0.4, 0.5) is 29.9 Å². The fourth-order valence-corrected chi connectivity index (χ4v) is 4.74. The van der Waals surface area contributed by atoms with Crippen molar-refractivity contribution in [3.05, 3.63) is 54.4 Å². The van der Waals surface area contributed by atoms with Crippen molar-refractivity contribution in [1.82, 2.24) is 9.88 Å². The van der Waals surface area contributed by atoms with Crippen molar-refractivity contribution >= 4 is 33.9 Å². The highest BCUT2D eigenvalue weighted by Crippen LogP contribution is 3.02. The van der Waals surface area contributed by atoms with E-state index in [1.54, 1.807) is 20.8 Å². The van der Waals surface area contributed by atoms with Crippen LogP contribution in [0.2, 0.25) is 0 Å². The Kier molecular flexibility index (Phi) is 7.42. The Hall–Kier alpha value is -3.46. The van der Waals surface area contributed by atoms with Gasteiger partial charge in [-0.25, -0.2) is 9.59 Å². The molecule has 3 rings (SSSR count). The van der Waals surface area contributed by atoms with Gasteiger partial charge in [-0.3, -0.25) is 19.6 Å². The van der Waals surface area contributed by atoms with Gasteiger partial charge in [0, 0.05) is 37.2 Å². The summed E-state index contributed by atoms with van der Waals surface area (Å²) in [5.74, 6) is -2.59. The van der Waals surface area contributed by atoms with E-state index < -0.39 is 62.6 Å². The van der Waals surface area contributed by atoms with E-state index in [4.69, 9.17) is 9.47 Å². The van der Waals surface area contributed by atoms with Crippen molar-refractivity contribution < 1.29 is 48.4 Å². The Labute approximate surface area is 221 Å². The molecule has 0 aliphatic carbocycles. The van der Waals surface area contributed by atoms with Crippen molar-refractivity contribution in [3.63, 3.8) is 0 Å². The number of ether oxygens (including phenoxy) is 2. The second kappa shape index (κ2) is 9.62. The molecule has 0 radical (unpaired) electrons. The van der Waals surface area contributed by atoms with Gasteiger partial charge >= 0.3 is 22.3 Å². The zero-order chi connectivity index (χ0) is 29.5. The van der Waals surface area contributed by atoms with Gasteiger partial charge in [-0.2, -0.15) is 0 Å². The molecule has 39 heavy (non-hydrogen) atoms. The number of aromatic nitrogens is 1. The number of carboxylic acids is 1. The molecular formula is C24H28F5N3O6S. The molecule has 2 amide bonds. The number of amides is 2. The maximum atomic E-state index is 14.0. The number of carboxylic acid groups (broad SMARTS) is 1. The van der Waals surface area contributed by atoms with Crippen LogP contribution in [-0.2, 0) is 19.1 Å². The number of likely N-dealkylation sites (tertiary alicyclic amines) is 1. The number of rotatable bonds is 7. The summed E-state index contributed by atoms with van der Waals surface area (Å²) in [4.78, 5) is 42.7. The smallest absolute Gasteiger partial charge is 0.411 e. The number of halogens is 5. The van der Waals surface area contributed by atoms with Gasteiger partial charge < -0.3 is 14.6 Å². The number of nitrogens with zero attached hydrogens (tertiary/aromatic N) is 3. The number of hydrogen-bond donors (Lipinski definition) is 1. The van der Waals surface area contributed by atoms with Crippen LogP contribution < -0.4 is 4.90 Å². The van der Waals surface area contributed by atoms with E-state index in [0.29, 0.717) is 17.0 Å². The van der Waals surface area contributed by atoms with Crippen LogP contribution >= 0.6 is 10.2 Å². The summed E-state index contributed by atoms with van der Waals surface area (Å²) in [6, 6.07) is 0.852. The minimum Gasteiger partial charge on any atom is -0.479 e. The second-order valence-corrected chi connectivity index (χ2v) is 12.3. The van der Waals surface area contributed by atoms with Gasteiger partial charge in [-0.1, -0.05) is 25.5 Å². The standard InChI is InChI=1S/C24H28F5N3O6S/c1-24(2,3)38-23(36)31-14-17(37-4)12-19(31)21(33)32(20(22(34)35)15-6-5-11-30-13-15)16-7-9-18(10-8-16)39(25,26,27,28)29/h5-11,13,17,19-20H,12,14H2,1-4H3,(H,34,35)/t17-,19-,20?/m1/s1. The van der Waals surface area contributed by atoms with Gasteiger partial charge in [-0.05, 0) is 51.1 Å². The first-order valence-corrected chi connectivity index (χ1v) is 13.5. The molecule has 0 bridgehead atoms. The van der Waals surface area contributed by atoms with Crippen LogP contribution in [0.3, 0.4) is 0 Å². The van der Waals surface area contributed by atoms with Crippen LogP contribution in [0, 0.1) is 0 Å². The lowest BCUT2D eigenvalue weighted by molar-refractivity contribution is -0.140. The molecule has 1 aromatic carbocycles. The van der Waals surface area contributed by atoms with E-state index >= 15 is 0 Å². The Balaban J connectivity index is 2.15. The van der Waals surface area contributed by atoms with E-state index in [1.807, 2.05) is 0 Å². The van der Waals surface area contributed by atoms with Crippen molar-refractivity contribution in [2.75, 3.05) is 18.6 Å². The average Bonchev–Trinajstić information content (AvgIpc) is 3.25. The molecular weight excluding hydrogens is 553 g/mol. The highest BCUT2D eigenvalue weighted by atomic mass is 32.5. The Morgan fingerprint density at radius 1 is 1.10 bits per heavy atom. The normalized spacial score (nSPS) is 20.5. The van der Waals surface area contributed by atoms with Crippen LogP contribution in [0.25, 0.3) is 0 Å². The largest absolute Gasteiger partial charge is 0.479 e. The van der Waals surface area contributed by atoms with Crippen LogP contribution in [0.15, 0.2) is 53.7 Å². The van der Waals surface area contributed by atoms with E-state index in [1.165, 1.54) is 25.4 Å². The summed E-state index contributed by atoms with van der Waals surface area (Å²) in [5.41, 5.74) is -1.40. The first kappa shape index (κ1) is 30.1. The first-order valence-electron chi connectivity index (χ1n) is 11.5. The highest BCUT2D eigenvalue weighted by Gasteiger charge is 2.65. The van der Waals surface area contributed by atoms with E-state index in [-0.39, 0.29) is 30.7 Å². The molecule has 2 aromatic rings. The van der Waals surface area contributed by atoms with Crippen molar-refractivity contribution in [2.24, 2.45) is 0 Å². The maximum absolute atomic E-state index is 14.0. The van der Waals surface area contributed by atoms with Crippen LogP contribution in [0.5, 0.6) is 0 Å². The number of carbonyl (C=O) groups excluding carboxylic acids is 2. The molecule has 1 aromatic heterocycles. The fraction of sp³-hybridized carbons (Fsp3) is 0.417. The molecule has 1 unspecified atom stereocenters.